The van der Waals surface area contributed by atoms with Crippen LogP contribution in [0.2, 0.25) is 0 Å². The number of likely N-dealkylation sites (N-methyl/N-ethyl adjacent to an activating group) is 1. The number of piperidine rings is 1. The summed E-state index contributed by atoms with van der Waals surface area (Å²) in [5, 5.41) is 12.8. The summed E-state index contributed by atoms with van der Waals surface area (Å²) in [7, 11) is 0. The Balaban J connectivity index is 1.61. The molecule has 116 valence electrons. The van der Waals surface area contributed by atoms with Crippen LogP contribution in [0, 0.1) is 5.92 Å². The molecule has 2 heterocycles. The van der Waals surface area contributed by atoms with Crippen molar-refractivity contribution in [3.05, 3.63) is 24.3 Å². The molecule has 1 aromatic carbocycles. The molecule has 21 heavy (non-hydrogen) atoms. The van der Waals surface area contributed by atoms with Crippen molar-refractivity contribution in [3.8, 4) is 0 Å². The van der Waals surface area contributed by atoms with Crippen LogP contribution in [0.3, 0.4) is 0 Å². The molecule has 4 heteroatoms. The molecular formula is C17H27N3O. The summed E-state index contributed by atoms with van der Waals surface area (Å²) >= 11 is 0. The molecule has 2 saturated heterocycles. The lowest BCUT2D eigenvalue weighted by atomic mass is 9.94. The molecule has 0 radical (unpaired) electrons. The Labute approximate surface area is 127 Å². The molecule has 3 rings (SSSR count). The Hall–Kier alpha value is -1.26. The second kappa shape index (κ2) is 6.67. The molecular weight excluding hydrogens is 262 g/mol. The maximum atomic E-state index is 9.10. The van der Waals surface area contributed by atoms with Crippen LogP contribution in [-0.2, 0) is 0 Å². The molecule has 3 atom stereocenters. The predicted octanol–water partition coefficient (Wildman–Crippen LogP) is 2.01. The highest BCUT2D eigenvalue weighted by Gasteiger charge is 2.33. The van der Waals surface area contributed by atoms with E-state index in [1.165, 1.54) is 43.9 Å². The summed E-state index contributed by atoms with van der Waals surface area (Å²) in [6, 6.07) is 9.30. The summed E-state index contributed by atoms with van der Waals surface area (Å²) in [6.07, 6.45) is 2.61. The van der Waals surface area contributed by atoms with Crippen molar-refractivity contribution < 1.29 is 5.11 Å². The van der Waals surface area contributed by atoms with Gasteiger partial charge in [0.2, 0.25) is 0 Å². The highest BCUT2D eigenvalue weighted by atomic mass is 16.3. The van der Waals surface area contributed by atoms with Gasteiger partial charge < -0.3 is 20.2 Å². The van der Waals surface area contributed by atoms with Gasteiger partial charge in [-0.05, 0) is 56.5 Å². The minimum atomic E-state index is 0.202. The lowest BCUT2D eigenvalue weighted by molar-refractivity contribution is 0.255. The monoisotopic (exact) mass is 289 g/mol. The van der Waals surface area contributed by atoms with Crippen LogP contribution >= 0.6 is 0 Å². The van der Waals surface area contributed by atoms with Crippen LogP contribution in [-0.4, -0.2) is 55.4 Å². The van der Waals surface area contributed by atoms with Crippen molar-refractivity contribution in [2.24, 2.45) is 5.92 Å². The van der Waals surface area contributed by atoms with Gasteiger partial charge in [0.1, 0.15) is 0 Å². The van der Waals surface area contributed by atoms with E-state index in [-0.39, 0.29) is 6.61 Å². The lowest BCUT2D eigenvalue weighted by Crippen LogP contribution is -2.39. The topological polar surface area (TPSA) is 38.7 Å². The highest BCUT2D eigenvalue weighted by Crippen LogP contribution is 2.29. The van der Waals surface area contributed by atoms with Gasteiger partial charge in [0.15, 0.2) is 0 Å². The lowest BCUT2D eigenvalue weighted by Gasteiger charge is -2.32. The van der Waals surface area contributed by atoms with Gasteiger partial charge >= 0.3 is 0 Å². The molecule has 0 amide bonds. The zero-order chi connectivity index (χ0) is 14.7. The first-order valence-electron chi connectivity index (χ1n) is 8.25. The molecule has 0 aromatic heterocycles. The van der Waals surface area contributed by atoms with Crippen LogP contribution in [0.5, 0.6) is 0 Å². The SMILES string of the molecule is CCN(CCO)c1ccc(NC2CCN3CCC2C3)cc1. The predicted molar refractivity (Wildman–Crippen MR) is 88.0 cm³/mol. The van der Waals surface area contributed by atoms with Gasteiger partial charge in [-0.1, -0.05) is 0 Å². The molecule has 3 unspecified atom stereocenters. The fraction of sp³-hybridized carbons (Fsp3) is 0.647. The first-order chi connectivity index (χ1) is 10.3. The van der Waals surface area contributed by atoms with E-state index in [4.69, 9.17) is 5.11 Å². The van der Waals surface area contributed by atoms with E-state index < -0.39 is 0 Å². The molecule has 2 N–H and O–H groups in total. The van der Waals surface area contributed by atoms with Gasteiger partial charge in [-0.25, -0.2) is 0 Å². The molecule has 4 nitrogen and oxygen atoms in total. The van der Waals surface area contributed by atoms with Gasteiger partial charge in [-0.2, -0.15) is 0 Å². The minimum Gasteiger partial charge on any atom is -0.395 e. The van der Waals surface area contributed by atoms with Crippen molar-refractivity contribution in [1.29, 1.82) is 0 Å². The fourth-order valence-electron chi connectivity index (χ4n) is 3.71. The van der Waals surface area contributed by atoms with Crippen LogP contribution in [0.1, 0.15) is 19.8 Å². The van der Waals surface area contributed by atoms with Gasteiger partial charge in [-0.15, -0.1) is 0 Å². The second-order valence-corrected chi connectivity index (χ2v) is 6.24. The average Bonchev–Trinajstić information content (AvgIpc) is 2.91. The number of anilines is 2. The van der Waals surface area contributed by atoms with Crippen LogP contribution in [0.4, 0.5) is 11.4 Å². The van der Waals surface area contributed by atoms with Gasteiger partial charge in [-0.3, -0.25) is 0 Å². The molecule has 1 aromatic rings. The molecule has 0 saturated carbocycles. The number of nitrogens with one attached hydrogen (secondary N) is 1. The number of fused-ring (bicyclic) bond motifs is 2. The zero-order valence-electron chi connectivity index (χ0n) is 13.0. The number of nitrogens with zero attached hydrogens (tertiary/aromatic N) is 2. The Morgan fingerprint density at radius 3 is 2.71 bits per heavy atom. The molecule has 2 fully saturated rings. The van der Waals surface area contributed by atoms with Gasteiger partial charge in [0.05, 0.1) is 6.61 Å². The average molecular weight is 289 g/mol. The number of hydrogen-bond donors (Lipinski definition) is 2. The van der Waals surface area contributed by atoms with Crippen LogP contribution < -0.4 is 10.2 Å². The van der Waals surface area contributed by atoms with E-state index in [0.29, 0.717) is 12.6 Å². The first-order valence-corrected chi connectivity index (χ1v) is 8.25. The highest BCUT2D eigenvalue weighted by molar-refractivity contribution is 5.55. The summed E-state index contributed by atoms with van der Waals surface area (Å²) in [4.78, 5) is 4.78. The summed E-state index contributed by atoms with van der Waals surface area (Å²) in [5.74, 6) is 0.819. The standard InChI is InChI=1S/C17H27N3O/c1-2-20(11-12-21)16-5-3-15(4-6-16)18-17-8-10-19-9-7-14(17)13-19/h3-6,14,17-18,21H,2,7-13H2,1H3. The van der Waals surface area contributed by atoms with Gasteiger partial charge in [0.25, 0.3) is 0 Å². The normalized spacial score (nSPS) is 27.6. The van der Waals surface area contributed by atoms with E-state index in [0.717, 1.165) is 12.5 Å². The third-order valence-electron chi connectivity index (χ3n) is 4.97. The number of hydrogen-bond acceptors (Lipinski definition) is 4. The van der Waals surface area contributed by atoms with E-state index in [1.807, 2.05) is 0 Å². The van der Waals surface area contributed by atoms with E-state index in [1.54, 1.807) is 0 Å². The maximum Gasteiger partial charge on any atom is 0.0606 e. The van der Waals surface area contributed by atoms with E-state index in [9.17, 15) is 0 Å². The van der Waals surface area contributed by atoms with Crippen molar-refractivity contribution in [3.63, 3.8) is 0 Å². The number of aliphatic hydroxyl groups is 1. The second-order valence-electron chi connectivity index (χ2n) is 6.24. The van der Waals surface area contributed by atoms with Crippen molar-refractivity contribution in [2.45, 2.75) is 25.8 Å². The summed E-state index contributed by atoms with van der Waals surface area (Å²) in [5.41, 5.74) is 2.41. The Morgan fingerprint density at radius 1 is 1.24 bits per heavy atom. The summed E-state index contributed by atoms with van der Waals surface area (Å²) in [6.45, 7) is 7.75. The molecule has 0 aliphatic carbocycles. The van der Waals surface area contributed by atoms with Crippen molar-refractivity contribution >= 4 is 11.4 Å². The third kappa shape index (κ3) is 3.33. The molecule has 2 aliphatic heterocycles. The van der Waals surface area contributed by atoms with E-state index in [2.05, 4.69) is 46.3 Å². The number of aliphatic hydroxyl groups excluding tert-OH is 1. The molecule has 0 spiro atoms. The zero-order valence-corrected chi connectivity index (χ0v) is 13.0. The number of rotatable bonds is 6. The van der Waals surface area contributed by atoms with Gasteiger partial charge in [0, 0.05) is 43.6 Å². The summed E-state index contributed by atoms with van der Waals surface area (Å²) < 4.78 is 0. The Bertz CT molecular complexity index is 448. The first kappa shape index (κ1) is 14.7. The molecule has 2 bridgehead atoms. The largest absolute Gasteiger partial charge is 0.395 e. The third-order valence-corrected chi connectivity index (χ3v) is 4.97. The quantitative estimate of drug-likeness (QED) is 0.840. The van der Waals surface area contributed by atoms with Crippen molar-refractivity contribution in [2.75, 3.05) is 49.5 Å². The Morgan fingerprint density at radius 2 is 2.00 bits per heavy atom. The number of benzene rings is 1. The minimum absolute atomic E-state index is 0.202. The Kier molecular flexibility index (Phi) is 4.66. The molecule has 2 aliphatic rings. The van der Waals surface area contributed by atoms with Crippen molar-refractivity contribution in [1.82, 2.24) is 4.90 Å². The smallest absolute Gasteiger partial charge is 0.0606 e. The fourth-order valence-corrected chi connectivity index (χ4v) is 3.71. The van der Waals surface area contributed by atoms with Crippen LogP contribution in [0.15, 0.2) is 24.3 Å². The van der Waals surface area contributed by atoms with E-state index >= 15 is 0 Å². The maximum absolute atomic E-state index is 9.10. The van der Waals surface area contributed by atoms with Crippen LogP contribution in [0.25, 0.3) is 0 Å².